The maximum absolute atomic E-state index is 11.8. The van der Waals surface area contributed by atoms with Gasteiger partial charge >= 0.3 is 0 Å². The van der Waals surface area contributed by atoms with Crippen molar-refractivity contribution >= 4 is 27.9 Å². The zero-order chi connectivity index (χ0) is 15.8. The number of rotatable bonds is 6. The first-order valence-electron chi connectivity index (χ1n) is 6.84. The van der Waals surface area contributed by atoms with Crippen molar-refractivity contribution in [1.29, 1.82) is 5.26 Å². The van der Waals surface area contributed by atoms with Crippen molar-refractivity contribution in [1.82, 2.24) is 5.32 Å². The molecule has 0 atom stereocenters. The van der Waals surface area contributed by atoms with Crippen LogP contribution in [0, 0.1) is 11.3 Å². The molecule has 21 heavy (non-hydrogen) atoms. The summed E-state index contributed by atoms with van der Waals surface area (Å²) in [5.74, 6) is 0.383. The molecule has 0 radical (unpaired) electrons. The van der Waals surface area contributed by atoms with Crippen molar-refractivity contribution < 1.29 is 9.53 Å². The smallest absolute Gasteiger partial charge is 0.261 e. The summed E-state index contributed by atoms with van der Waals surface area (Å²) >= 11 is 3.43. The molecule has 0 aliphatic rings. The Kier molecular flexibility index (Phi) is 6.97. The summed E-state index contributed by atoms with van der Waals surface area (Å²) in [6.45, 7) is 6.42. The third kappa shape index (κ3) is 5.60. The molecule has 0 saturated heterocycles. The minimum Gasteiger partial charge on any atom is -0.490 e. The Bertz CT molecular complexity index is 574. The van der Waals surface area contributed by atoms with Crippen LogP contribution >= 0.6 is 15.9 Å². The Morgan fingerprint density at radius 1 is 1.52 bits per heavy atom. The van der Waals surface area contributed by atoms with E-state index in [0.717, 1.165) is 22.2 Å². The van der Waals surface area contributed by atoms with Gasteiger partial charge in [0, 0.05) is 6.54 Å². The second-order valence-electron chi connectivity index (χ2n) is 4.78. The highest BCUT2D eigenvalue weighted by Gasteiger charge is 2.09. The van der Waals surface area contributed by atoms with Crippen molar-refractivity contribution in [3.05, 3.63) is 33.8 Å². The molecule has 0 spiro atoms. The number of nitrogens with zero attached hydrogens (tertiary/aromatic N) is 1. The molecular weight excluding hydrogens is 332 g/mol. The number of hydrogen-bond donors (Lipinski definition) is 1. The van der Waals surface area contributed by atoms with Crippen LogP contribution in [0.4, 0.5) is 0 Å². The summed E-state index contributed by atoms with van der Waals surface area (Å²) in [6, 6.07) is 7.38. The van der Waals surface area contributed by atoms with Crippen LogP contribution in [0.2, 0.25) is 0 Å². The van der Waals surface area contributed by atoms with Crippen LogP contribution in [0.3, 0.4) is 0 Å². The molecule has 0 fully saturated rings. The van der Waals surface area contributed by atoms with Crippen LogP contribution in [0.25, 0.3) is 6.08 Å². The lowest BCUT2D eigenvalue weighted by Gasteiger charge is -2.11. The highest BCUT2D eigenvalue weighted by molar-refractivity contribution is 9.10. The molecule has 4 nitrogen and oxygen atoms in total. The predicted molar refractivity (Wildman–Crippen MR) is 86.8 cm³/mol. The number of carbonyl (C=O) groups excluding carboxylic acids is 1. The molecule has 1 N–H and O–H groups in total. The fraction of sp³-hybridized carbons (Fsp3) is 0.375. The maximum Gasteiger partial charge on any atom is 0.261 e. The molecule has 112 valence electrons. The van der Waals surface area contributed by atoms with Gasteiger partial charge in [0.1, 0.15) is 17.4 Å². The number of nitriles is 1. The largest absolute Gasteiger partial charge is 0.490 e. The van der Waals surface area contributed by atoms with Gasteiger partial charge in [-0.15, -0.1) is 0 Å². The van der Waals surface area contributed by atoms with Gasteiger partial charge in [-0.05, 0) is 60.0 Å². The molecule has 0 saturated carbocycles. The predicted octanol–water partition coefficient (Wildman–Crippen LogP) is 3.67. The second kappa shape index (κ2) is 8.48. The quantitative estimate of drug-likeness (QED) is 0.628. The molecule has 1 aromatic rings. The lowest BCUT2D eigenvalue weighted by atomic mass is 10.1. The molecule has 1 rings (SSSR count). The van der Waals surface area contributed by atoms with E-state index in [1.807, 2.05) is 45.0 Å². The summed E-state index contributed by atoms with van der Waals surface area (Å²) in [7, 11) is 0. The highest BCUT2D eigenvalue weighted by Crippen LogP contribution is 2.27. The van der Waals surface area contributed by atoms with Crippen molar-refractivity contribution in [2.45, 2.75) is 33.3 Å². The van der Waals surface area contributed by atoms with Crippen molar-refractivity contribution in [2.24, 2.45) is 0 Å². The van der Waals surface area contributed by atoms with E-state index in [1.54, 1.807) is 6.08 Å². The average molecular weight is 351 g/mol. The lowest BCUT2D eigenvalue weighted by Crippen LogP contribution is -2.25. The van der Waals surface area contributed by atoms with Gasteiger partial charge in [0.15, 0.2) is 0 Å². The Labute approximate surface area is 133 Å². The molecule has 5 heteroatoms. The number of hydrogen-bond acceptors (Lipinski definition) is 3. The summed E-state index contributed by atoms with van der Waals surface area (Å²) < 4.78 is 6.41. The SMILES string of the molecule is CCCNC(=O)C(C#N)=Cc1ccc(OC(C)C)c(Br)c1. The fourth-order valence-corrected chi connectivity index (χ4v) is 2.10. The van der Waals surface area contributed by atoms with Gasteiger partial charge in [-0.2, -0.15) is 5.26 Å². The fourth-order valence-electron chi connectivity index (χ4n) is 1.61. The van der Waals surface area contributed by atoms with Crippen LogP contribution < -0.4 is 10.1 Å². The van der Waals surface area contributed by atoms with Crippen LogP contribution in [0.15, 0.2) is 28.2 Å². The standard InChI is InChI=1S/C16H19BrN2O2/c1-4-7-19-16(20)13(10-18)8-12-5-6-15(14(17)9-12)21-11(2)3/h5-6,8-9,11H,4,7H2,1-3H3,(H,19,20). The number of carbonyl (C=O) groups is 1. The summed E-state index contributed by atoms with van der Waals surface area (Å²) in [5.41, 5.74) is 0.856. The number of amides is 1. The summed E-state index contributed by atoms with van der Waals surface area (Å²) in [4.78, 5) is 11.8. The van der Waals surface area contributed by atoms with Gasteiger partial charge in [-0.1, -0.05) is 13.0 Å². The second-order valence-corrected chi connectivity index (χ2v) is 5.64. The van der Waals surface area contributed by atoms with Gasteiger partial charge in [-0.25, -0.2) is 0 Å². The number of ether oxygens (including phenoxy) is 1. The minimum absolute atomic E-state index is 0.0807. The van der Waals surface area contributed by atoms with Crippen LogP contribution in [-0.4, -0.2) is 18.6 Å². The number of benzene rings is 1. The molecule has 0 aliphatic heterocycles. The third-order valence-corrected chi connectivity index (χ3v) is 3.15. The van der Waals surface area contributed by atoms with Crippen molar-refractivity contribution in [2.75, 3.05) is 6.54 Å². The first-order chi connectivity index (χ1) is 9.97. The molecule has 1 amide bonds. The van der Waals surface area contributed by atoms with E-state index in [2.05, 4.69) is 21.2 Å². The molecular formula is C16H19BrN2O2. The van der Waals surface area contributed by atoms with Gasteiger partial charge in [-0.3, -0.25) is 4.79 Å². The topological polar surface area (TPSA) is 62.1 Å². The van der Waals surface area contributed by atoms with Crippen molar-refractivity contribution in [3.8, 4) is 11.8 Å². The van der Waals surface area contributed by atoms with Crippen molar-refractivity contribution in [3.63, 3.8) is 0 Å². The molecule has 0 aliphatic carbocycles. The summed E-state index contributed by atoms with van der Waals surface area (Å²) in [5, 5.41) is 11.8. The van der Waals surface area contributed by atoms with E-state index in [4.69, 9.17) is 10.00 Å². The lowest BCUT2D eigenvalue weighted by molar-refractivity contribution is -0.117. The molecule has 0 unspecified atom stereocenters. The van der Waals surface area contributed by atoms with E-state index < -0.39 is 0 Å². The van der Waals surface area contributed by atoms with Crippen LogP contribution in [0.1, 0.15) is 32.8 Å². The third-order valence-electron chi connectivity index (χ3n) is 2.53. The van der Waals surface area contributed by atoms with Gasteiger partial charge < -0.3 is 10.1 Å². The normalized spacial score (nSPS) is 11.1. The van der Waals surface area contributed by atoms with Crippen LogP contribution in [0.5, 0.6) is 5.75 Å². The van der Waals surface area contributed by atoms with E-state index in [1.165, 1.54) is 0 Å². The van der Waals surface area contributed by atoms with Gasteiger partial charge in [0.2, 0.25) is 0 Å². The highest BCUT2D eigenvalue weighted by atomic mass is 79.9. The van der Waals surface area contributed by atoms with E-state index in [0.29, 0.717) is 6.54 Å². The molecule has 1 aromatic carbocycles. The minimum atomic E-state index is -0.349. The van der Waals surface area contributed by atoms with E-state index in [-0.39, 0.29) is 17.6 Å². The van der Waals surface area contributed by atoms with E-state index >= 15 is 0 Å². The Balaban J connectivity index is 2.94. The molecule has 0 aromatic heterocycles. The first-order valence-corrected chi connectivity index (χ1v) is 7.63. The Hall–Kier alpha value is -1.80. The van der Waals surface area contributed by atoms with Gasteiger partial charge in [0.05, 0.1) is 10.6 Å². The summed E-state index contributed by atoms with van der Waals surface area (Å²) in [6.07, 6.45) is 2.48. The zero-order valence-corrected chi connectivity index (χ0v) is 14.0. The van der Waals surface area contributed by atoms with Gasteiger partial charge in [0.25, 0.3) is 5.91 Å². The molecule has 0 heterocycles. The van der Waals surface area contributed by atoms with E-state index in [9.17, 15) is 4.79 Å². The zero-order valence-electron chi connectivity index (χ0n) is 12.4. The first kappa shape index (κ1) is 17.3. The molecule has 0 bridgehead atoms. The average Bonchev–Trinajstić information content (AvgIpc) is 2.44. The Morgan fingerprint density at radius 3 is 2.76 bits per heavy atom. The monoisotopic (exact) mass is 350 g/mol. The van der Waals surface area contributed by atoms with Crippen LogP contribution in [-0.2, 0) is 4.79 Å². The Morgan fingerprint density at radius 2 is 2.24 bits per heavy atom. The maximum atomic E-state index is 11.8. The number of halogens is 1. The number of nitrogens with one attached hydrogen (secondary N) is 1.